The van der Waals surface area contributed by atoms with E-state index in [1.807, 2.05) is 32.0 Å². The van der Waals surface area contributed by atoms with Gasteiger partial charge >= 0.3 is 0 Å². The van der Waals surface area contributed by atoms with Crippen molar-refractivity contribution in [2.75, 3.05) is 23.7 Å². The molecule has 0 aromatic heterocycles. The summed E-state index contributed by atoms with van der Waals surface area (Å²) in [5, 5.41) is 0. The lowest BCUT2D eigenvalue weighted by molar-refractivity contribution is -0.122. The first-order chi connectivity index (χ1) is 9.47. The largest absolute Gasteiger partial charge is 0.489 e. The number of rotatable bonds is 4. The van der Waals surface area contributed by atoms with E-state index in [2.05, 4.69) is 4.90 Å². The van der Waals surface area contributed by atoms with Gasteiger partial charge in [-0.3, -0.25) is 4.79 Å². The highest BCUT2D eigenvalue weighted by atomic mass is 16.5. The molecular formula is C15H23N3O2. The summed E-state index contributed by atoms with van der Waals surface area (Å²) in [5.74, 6) is 0.401. The number of carbonyl (C=O) groups is 1. The number of carbonyl (C=O) groups excluding carboxylic acids is 1. The number of amides is 1. The molecule has 110 valence electrons. The number of nitrogens with zero attached hydrogens (tertiary/aromatic N) is 1. The quantitative estimate of drug-likeness (QED) is 0.822. The third-order valence-corrected chi connectivity index (χ3v) is 3.55. The smallest absolute Gasteiger partial charge is 0.222 e. The maximum Gasteiger partial charge on any atom is 0.222 e. The summed E-state index contributed by atoms with van der Waals surface area (Å²) >= 11 is 0. The Labute approximate surface area is 119 Å². The molecule has 4 N–H and O–H groups in total. The zero-order valence-electron chi connectivity index (χ0n) is 12.1. The van der Waals surface area contributed by atoms with E-state index in [0.717, 1.165) is 25.1 Å². The van der Waals surface area contributed by atoms with Crippen LogP contribution < -0.4 is 21.1 Å². The normalized spacial score (nSPS) is 19.1. The molecule has 20 heavy (non-hydrogen) atoms. The van der Waals surface area contributed by atoms with Gasteiger partial charge in [-0.1, -0.05) is 0 Å². The average molecular weight is 277 g/mol. The second-order valence-electron chi connectivity index (χ2n) is 5.58. The number of ether oxygens (including phenoxy) is 1. The highest BCUT2D eigenvalue weighted by Gasteiger charge is 2.24. The van der Waals surface area contributed by atoms with Crippen molar-refractivity contribution >= 4 is 17.3 Å². The summed E-state index contributed by atoms with van der Waals surface area (Å²) < 4.78 is 5.71. The van der Waals surface area contributed by atoms with Crippen molar-refractivity contribution in [1.29, 1.82) is 0 Å². The fraction of sp³-hybridized carbons (Fsp3) is 0.533. The lowest BCUT2D eigenvalue weighted by atomic mass is 9.97. The highest BCUT2D eigenvalue weighted by molar-refractivity contribution is 5.77. The molecule has 1 aromatic carbocycles. The van der Waals surface area contributed by atoms with Crippen molar-refractivity contribution in [3.63, 3.8) is 0 Å². The van der Waals surface area contributed by atoms with Crippen LogP contribution in [0.2, 0.25) is 0 Å². The maximum atomic E-state index is 11.3. The molecule has 1 heterocycles. The number of hydrogen-bond donors (Lipinski definition) is 2. The molecule has 1 aromatic rings. The molecule has 2 rings (SSSR count). The molecule has 5 nitrogen and oxygen atoms in total. The van der Waals surface area contributed by atoms with E-state index in [1.165, 1.54) is 0 Å². The van der Waals surface area contributed by atoms with Gasteiger partial charge in [0.1, 0.15) is 5.75 Å². The Morgan fingerprint density at radius 3 is 2.85 bits per heavy atom. The van der Waals surface area contributed by atoms with E-state index in [-0.39, 0.29) is 17.9 Å². The number of nitrogen functional groups attached to an aromatic ring is 1. The van der Waals surface area contributed by atoms with Crippen molar-refractivity contribution in [2.24, 2.45) is 11.7 Å². The second kappa shape index (κ2) is 6.03. The molecule has 0 radical (unpaired) electrons. The Morgan fingerprint density at radius 1 is 1.45 bits per heavy atom. The first-order valence-electron chi connectivity index (χ1n) is 7.08. The minimum absolute atomic E-state index is 0.0734. The minimum atomic E-state index is -0.219. The predicted molar refractivity (Wildman–Crippen MR) is 80.7 cm³/mol. The number of primary amides is 1. The van der Waals surface area contributed by atoms with Crippen LogP contribution in [0.25, 0.3) is 0 Å². The van der Waals surface area contributed by atoms with Gasteiger partial charge in [0.15, 0.2) is 0 Å². The molecule has 1 unspecified atom stereocenters. The number of piperidine rings is 1. The van der Waals surface area contributed by atoms with Crippen molar-refractivity contribution in [3.8, 4) is 5.75 Å². The Balaban J connectivity index is 2.17. The molecule has 0 aliphatic carbocycles. The summed E-state index contributed by atoms with van der Waals surface area (Å²) in [6.07, 6.45) is 1.92. The van der Waals surface area contributed by atoms with Gasteiger partial charge in [-0.15, -0.1) is 0 Å². The van der Waals surface area contributed by atoms with E-state index in [0.29, 0.717) is 18.0 Å². The van der Waals surface area contributed by atoms with E-state index < -0.39 is 0 Å². The van der Waals surface area contributed by atoms with Crippen molar-refractivity contribution < 1.29 is 9.53 Å². The molecule has 1 aliphatic heterocycles. The Morgan fingerprint density at radius 2 is 2.20 bits per heavy atom. The zero-order chi connectivity index (χ0) is 14.7. The molecule has 0 bridgehead atoms. The van der Waals surface area contributed by atoms with Gasteiger partial charge in [-0.05, 0) is 38.8 Å². The Kier molecular flexibility index (Phi) is 4.37. The lowest BCUT2D eigenvalue weighted by Crippen LogP contribution is -2.41. The van der Waals surface area contributed by atoms with Gasteiger partial charge in [-0.2, -0.15) is 0 Å². The van der Waals surface area contributed by atoms with E-state index >= 15 is 0 Å². The highest BCUT2D eigenvalue weighted by Crippen LogP contribution is 2.31. The molecule has 0 saturated carbocycles. The third kappa shape index (κ3) is 3.35. The number of benzene rings is 1. The lowest BCUT2D eigenvalue weighted by Gasteiger charge is -2.33. The zero-order valence-corrected chi connectivity index (χ0v) is 12.1. The Bertz CT molecular complexity index is 488. The number of hydrogen-bond acceptors (Lipinski definition) is 4. The standard InChI is InChI=1S/C15H23N3O2/c1-10(2)20-14-8-12(5-6-13(14)16)18-7-3-4-11(9-18)15(17)19/h5-6,8,10-11H,3-4,7,9,16H2,1-2H3,(H2,17,19). The Hall–Kier alpha value is -1.91. The van der Waals surface area contributed by atoms with Gasteiger partial charge in [-0.25, -0.2) is 0 Å². The van der Waals surface area contributed by atoms with Crippen LogP contribution in [0.15, 0.2) is 18.2 Å². The van der Waals surface area contributed by atoms with Gasteiger partial charge < -0.3 is 21.1 Å². The topological polar surface area (TPSA) is 81.6 Å². The van der Waals surface area contributed by atoms with Gasteiger partial charge in [0.2, 0.25) is 5.91 Å². The van der Waals surface area contributed by atoms with Crippen LogP contribution in [-0.4, -0.2) is 25.1 Å². The van der Waals surface area contributed by atoms with Crippen molar-refractivity contribution in [1.82, 2.24) is 0 Å². The van der Waals surface area contributed by atoms with E-state index in [4.69, 9.17) is 16.2 Å². The average Bonchev–Trinajstić information content (AvgIpc) is 2.41. The maximum absolute atomic E-state index is 11.3. The first-order valence-corrected chi connectivity index (χ1v) is 7.08. The molecule has 1 aliphatic rings. The van der Waals surface area contributed by atoms with Gasteiger partial charge in [0.25, 0.3) is 0 Å². The summed E-state index contributed by atoms with van der Waals surface area (Å²) in [6, 6.07) is 5.76. The van der Waals surface area contributed by atoms with Crippen LogP contribution in [0.1, 0.15) is 26.7 Å². The fourth-order valence-corrected chi connectivity index (χ4v) is 2.52. The van der Waals surface area contributed by atoms with Crippen molar-refractivity contribution in [3.05, 3.63) is 18.2 Å². The summed E-state index contributed by atoms with van der Waals surface area (Å²) in [5.41, 5.74) is 13.0. The first kappa shape index (κ1) is 14.5. The van der Waals surface area contributed by atoms with E-state index in [9.17, 15) is 4.79 Å². The number of nitrogens with two attached hydrogens (primary N) is 2. The SMILES string of the molecule is CC(C)Oc1cc(N2CCCC(C(N)=O)C2)ccc1N. The molecule has 1 atom stereocenters. The summed E-state index contributed by atoms with van der Waals surface area (Å²) in [6.45, 7) is 5.53. The van der Waals surface area contributed by atoms with Crippen LogP contribution in [0, 0.1) is 5.92 Å². The fourth-order valence-electron chi connectivity index (χ4n) is 2.52. The van der Waals surface area contributed by atoms with Crippen LogP contribution in [0.3, 0.4) is 0 Å². The minimum Gasteiger partial charge on any atom is -0.489 e. The van der Waals surface area contributed by atoms with Gasteiger partial charge in [0.05, 0.1) is 17.7 Å². The molecule has 1 amide bonds. The van der Waals surface area contributed by atoms with Crippen LogP contribution in [0.5, 0.6) is 5.75 Å². The number of anilines is 2. The molecule has 0 spiro atoms. The van der Waals surface area contributed by atoms with Crippen molar-refractivity contribution in [2.45, 2.75) is 32.8 Å². The molecule has 1 saturated heterocycles. The predicted octanol–water partition coefficient (Wildman–Crippen LogP) is 1.76. The molecule has 1 fully saturated rings. The molecule has 5 heteroatoms. The second-order valence-corrected chi connectivity index (χ2v) is 5.58. The van der Waals surface area contributed by atoms with Gasteiger partial charge in [0, 0.05) is 24.8 Å². The van der Waals surface area contributed by atoms with Crippen LogP contribution in [-0.2, 0) is 4.79 Å². The van der Waals surface area contributed by atoms with Crippen LogP contribution in [0.4, 0.5) is 11.4 Å². The monoisotopic (exact) mass is 277 g/mol. The molecular weight excluding hydrogens is 254 g/mol. The van der Waals surface area contributed by atoms with E-state index in [1.54, 1.807) is 0 Å². The summed E-state index contributed by atoms with van der Waals surface area (Å²) in [4.78, 5) is 13.5. The third-order valence-electron chi connectivity index (χ3n) is 3.55. The summed E-state index contributed by atoms with van der Waals surface area (Å²) in [7, 11) is 0. The van der Waals surface area contributed by atoms with Crippen LogP contribution >= 0.6 is 0 Å².